The molecule has 2 aromatic heterocycles. The van der Waals surface area contributed by atoms with E-state index in [1.54, 1.807) is 11.3 Å². The second-order valence-electron chi connectivity index (χ2n) is 4.30. The molecule has 2 rings (SSSR count). The fraction of sp³-hybridized carbons (Fsp3) is 0.357. The lowest BCUT2D eigenvalue weighted by molar-refractivity contribution is 0.586. The van der Waals surface area contributed by atoms with E-state index in [0.717, 1.165) is 17.8 Å². The molecule has 2 nitrogen and oxygen atoms in total. The van der Waals surface area contributed by atoms with Crippen molar-refractivity contribution in [1.82, 2.24) is 10.3 Å². The number of hydrogen-bond acceptors (Lipinski definition) is 3. The molecular weight excluding hydrogens is 228 g/mol. The molecular formula is C14H18N2S. The Hall–Kier alpha value is -1.19. The van der Waals surface area contributed by atoms with Gasteiger partial charge in [-0.1, -0.05) is 6.07 Å². The molecule has 1 unspecified atom stereocenters. The van der Waals surface area contributed by atoms with E-state index in [4.69, 9.17) is 0 Å². The Balaban J connectivity index is 2.23. The third kappa shape index (κ3) is 2.93. The first-order valence-electron chi connectivity index (χ1n) is 5.83. The number of aryl methyl sites for hydroxylation is 2. The van der Waals surface area contributed by atoms with E-state index in [2.05, 4.69) is 46.2 Å². The van der Waals surface area contributed by atoms with Crippen LogP contribution in [0.5, 0.6) is 0 Å². The lowest BCUT2D eigenvalue weighted by Gasteiger charge is -2.18. The highest BCUT2D eigenvalue weighted by Gasteiger charge is 2.13. The maximum Gasteiger partial charge on any atom is 0.0423 e. The number of nitrogens with one attached hydrogen (secondary N) is 1. The van der Waals surface area contributed by atoms with Crippen LogP contribution in [0.3, 0.4) is 0 Å². The van der Waals surface area contributed by atoms with Gasteiger partial charge in [-0.3, -0.25) is 4.98 Å². The minimum Gasteiger partial charge on any atom is -0.313 e. The second kappa shape index (κ2) is 5.43. The number of pyridine rings is 1. The number of rotatable bonds is 4. The van der Waals surface area contributed by atoms with E-state index in [1.807, 2.05) is 14.0 Å². The van der Waals surface area contributed by atoms with Gasteiger partial charge >= 0.3 is 0 Å². The van der Waals surface area contributed by atoms with Crippen LogP contribution >= 0.6 is 11.3 Å². The Morgan fingerprint density at radius 1 is 1.29 bits per heavy atom. The Bertz CT molecular complexity index is 477. The van der Waals surface area contributed by atoms with Gasteiger partial charge in [0.2, 0.25) is 0 Å². The van der Waals surface area contributed by atoms with Gasteiger partial charge in [-0.2, -0.15) is 11.3 Å². The summed E-state index contributed by atoms with van der Waals surface area (Å²) in [5.41, 5.74) is 4.88. The zero-order chi connectivity index (χ0) is 12.3. The van der Waals surface area contributed by atoms with Crippen molar-refractivity contribution in [1.29, 1.82) is 0 Å². The molecule has 0 aliphatic heterocycles. The van der Waals surface area contributed by atoms with Gasteiger partial charge in [-0.15, -0.1) is 0 Å². The zero-order valence-electron chi connectivity index (χ0n) is 10.5. The van der Waals surface area contributed by atoms with Crippen LogP contribution in [0.15, 0.2) is 29.0 Å². The van der Waals surface area contributed by atoms with Crippen LogP contribution in [0, 0.1) is 13.8 Å². The van der Waals surface area contributed by atoms with Gasteiger partial charge in [0.1, 0.15) is 0 Å². The third-order valence-corrected chi connectivity index (χ3v) is 3.74. The van der Waals surface area contributed by atoms with Gasteiger partial charge in [0.15, 0.2) is 0 Å². The highest BCUT2D eigenvalue weighted by atomic mass is 32.1. The molecule has 1 atom stereocenters. The summed E-state index contributed by atoms with van der Waals surface area (Å²) in [6.07, 6.45) is 1.02. The topological polar surface area (TPSA) is 24.9 Å². The summed E-state index contributed by atoms with van der Waals surface area (Å²) in [5.74, 6) is 0. The molecule has 0 bridgehead atoms. The molecule has 0 aromatic carbocycles. The first-order chi connectivity index (χ1) is 8.20. The Morgan fingerprint density at radius 2 is 2.12 bits per heavy atom. The first kappa shape index (κ1) is 12.3. The molecule has 0 aliphatic carbocycles. The Labute approximate surface area is 107 Å². The minimum atomic E-state index is 0.345. The maximum absolute atomic E-state index is 4.53. The van der Waals surface area contributed by atoms with Gasteiger partial charge in [-0.05, 0) is 61.3 Å². The van der Waals surface area contributed by atoms with Crippen molar-refractivity contribution in [3.05, 3.63) is 51.5 Å². The third-order valence-electron chi connectivity index (χ3n) is 3.01. The van der Waals surface area contributed by atoms with Gasteiger partial charge in [0.05, 0.1) is 0 Å². The van der Waals surface area contributed by atoms with E-state index >= 15 is 0 Å². The maximum atomic E-state index is 4.53. The van der Waals surface area contributed by atoms with Gasteiger partial charge in [0.25, 0.3) is 0 Å². The quantitative estimate of drug-likeness (QED) is 0.895. The van der Waals surface area contributed by atoms with E-state index < -0.39 is 0 Å². The van der Waals surface area contributed by atoms with Crippen LogP contribution < -0.4 is 5.32 Å². The highest BCUT2D eigenvalue weighted by Crippen LogP contribution is 2.21. The molecule has 0 spiro atoms. The second-order valence-corrected chi connectivity index (χ2v) is 5.08. The number of nitrogens with zero attached hydrogens (tertiary/aromatic N) is 1. The molecule has 1 N–H and O–H groups in total. The van der Waals surface area contributed by atoms with Crippen molar-refractivity contribution >= 4 is 11.3 Å². The molecule has 17 heavy (non-hydrogen) atoms. The van der Waals surface area contributed by atoms with E-state index in [1.165, 1.54) is 11.1 Å². The molecule has 0 aliphatic rings. The van der Waals surface area contributed by atoms with Crippen molar-refractivity contribution in [2.75, 3.05) is 7.05 Å². The summed E-state index contributed by atoms with van der Waals surface area (Å²) >= 11 is 1.75. The van der Waals surface area contributed by atoms with Crippen LogP contribution in [0.2, 0.25) is 0 Å². The van der Waals surface area contributed by atoms with Gasteiger partial charge in [0, 0.05) is 17.4 Å². The van der Waals surface area contributed by atoms with E-state index in [9.17, 15) is 0 Å². The molecule has 3 heteroatoms. The average molecular weight is 246 g/mol. The molecule has 0 fully saturated rings. The van der Waals surface area contributed by atoms with Gasteiger partial charge in [-0.25, -0.2) is 0 Å². The molecule has 2 aromatic rings. The lowest BCUT2D eigenvalue weighted by Crippen LogP contribution is -2.20. The van der Waals surface area contributed by atoms with Gasteiger partial charge < -0.3 is 5.32 Å². The molecule has 0 radical (unpaired) electrons. The average Bonchev–Trinajstić information content (AvgIpc) is 2.79. The van der Waals surface area contributed by atoms with Crippen LogP contribution in [0.4, 0.5) is 0 Å². The highest BCUT2D eigenvalue weighted by molar-refractivity contribution is 7.07. The number of thiophene rings is 1. The normalized spacial score (nSPS) is 12.6. The molecule has 0 saturated carbocycles. The molecule has 0 saturated heterocycles. The summed E-state index contributed by atoms with van der Waals surface area (Å²) in [6, 6.07) is 6.80. The Morgan fingerprint density at radius 3 is 2.71 bits per heavy atom. The SMILES string of the molecule is CNC(Cc1ccsc1)c1ccc(C)nc1C. The van der Waals surface area contributed by atoms with E-state index in [0.29, 0.717) is 6.04 Å². The summed E-state index contributed by atoms with van der Waals surface area (Å²) in [7, 11) is 2.01. The smallest absolute Gasteiger partial charge is 0.0423 e. The fourth-order valence-electron chi connectivity index (χ4n) is 2.08. The van der Waals surface area contributed by atoms with Crippen molar-refractivity contribution in [2.24, 2.45) is 0 Å². The van der Waals surface area contributed by atoms with Crippen LogP contribution in [0.25, 0.3) is 0 Å². The predicted molar refractivity (Wildman–Crippen MR) is 73.5 cm³/mol. The minimum absolute atomic E-state index is 0.345. The summed E-state index contributed by atoms with van der Waals surface area (Å²) in [4.78, 5) is 4.53. The monoisotopic (exact) mass is 246 g/mol. The predicted octanol–water partition coefficient (Wildman–Crippen LogP) is 3.26. The number of hydrogen-bond donors (Lipinski definition) is 1. The molecule has 90 valence electrons. The number of aromatic nitrogens is 1. The van der Waals surface area contributed by atoms with Crippen molar-refractivity contribution in [3.8, 4) is 0 Å². The van der Waals surface area contributed by atoms with Crippen molar-refractivity contribution in [2.45, 2.75) is 26.3 Å². The first-order valence-corrected chi connectivity index (χ1v) is 6.77. The fourth-order valence-corrected chi connectivity index (χ4v) is 2.76. The zero-order valence-corrected chi connectivity index (χ0v) is 11.3. The summed E-state index contributed by atoms with van der Waals surface area (Å²) in [5, 5.41) is 7.72. The lowest BCUT2D eigenvalue weighted by atomic mass is 9.99. The summed E-state index contributed by atoms with van der Waals surface area (Å²) < 4.78 is 0. The van der Waals surface area contributed by atoms with Crippen molar-refractivity contribution in [3.63, 3.8) is 0 Å². The number of likely N-dealkylation sites (N-methyl/N-ethyl adjacent to an activating group) is 1. The Kier molecular flexibility index (Phi) is 3.92. The standard InChI is InChI=1S/C14H18N2S/c1-10-4-5-13(11(2)16-10)14(15-3)8-12-6-7-17-9-12/h4-7,9,14-15H,8H2,1-3H3. The van der Waals surface area contributed by atoms with Crippen LogP contribution in [0.1, 0.15) is 28.6 Å². The van der Waals surface area contributed by atoms with E-state index in [-0.39, 0.29) is 0 Å². The largest absolute Gasteiger partial charge is 0.313 e. The molecule has 0 amide bonds. The summed E-state index contributed by atoms with van der Waals surface area (Å²) in [6.45, 7) is 4.12. The van der Waals surface area contributed by atoms with Crippen molar-refractivity contribution < 1.29 is 0 Å². The van der Waals surface area contributed by atoms with Crippen LogP contribution in [-0.2, 0) is 6.42 Å². The van der Waals surface area contributed by atoms with Crippen LogP contribution in [-0.4, -0.2) is 12.0 Å². The molecule has 2 heterocycles.